The Morgan fingerprint density at radius 1 is 1.11 bits per heavy atom. The van der Waals surface area contributed by atoms with Crippen molar-refractivity contribution in [3.63, 3.8) is 0 Å². The lowest BCUT2D eigenvalue weighted by molar-refractivity contribution is -0.113. The van der Waals surface area contributed by atoms with Crippen molar-refractivity contribution in [2.24, 2.45) is 0 Å². The summed E-state index contributed by atoms with van der Waals surface area (Å²) in [5.74, 6) is 0.671. The van der Waals surface area contributed by atoms with Crippen LogP contribution in [0.2, 0.25) is 0 Å². The SMILES string of the molecule is O=C(CSc1n[nH]c(-c2cccnc2)n1)Nc1nc(-c2ccccc2)cs1. The van der Waals surface area contributed by atoms with Crippen molar-refractivity contribution in [2.45, 2.75) is 5.16 Å². The Morgan fingerprint density at radius 2 is 1.96 bits per heavy atom. The molecule has 0 saturated heterocycles. The maximum atomic E-state index is 12.2. The third kappa shape index (κ3) is 4.39. The Balaban J connectivity index is 1.33. The number of nitrogens with zero attached hydrogens (tertiary/aromatic N) is 4. The molecule has 0 spiro atoms. The van der Waals surface area contributed by atoms with Crippen LogP contribution in [0.15, 0.2) is 65.4 Å². The number of carbonyl (C=O) groups is 1. The number of hydrogen-bond acceptors (Lipinski definition) is 7. The first kappa shape index (κ1) is 17.4. The van der Waals surface area contributed by atoms with Crippen LogP contribution in [0.5, 0.6) is 0 Å². The van der Waals surface area contributed by atoms with Crippen molar-refractivity contribution in [3.8, 4) is 22.6 Å². The highest BCUT2D eigenvalue weighted by Gasteiger charge is 2.11. The van der Waals surface area contributed by atoms with Crippen LogP contribution in [-0.4, -0.2) is 36.8 Å². The molecule has 4 rings (SSSR count). The molecular formula is C18H14N6OS2. The molecule has 7 nitrogen and oxygen atoms in total. The van der Waals surface area contributed by atoms with Gasteiger partial charge in [0.1, 0.15) is 0 Å². The van der Waals surface area contributed by atoms with Gasteiger partial charge in [-0.2, -0.15) is 0 Å². The number of pyridine rings is 1. The number of amides is 1. The van der Waals surface area contributed by atoms with Crippen LogP contribution in [0.1, 0.15) is 0 Å². The van der Waals surface area contributed by atoms with Crippen LogP contribution in [-0.2, 0) is 4.79 Å². The highest BCUT2D eigenvalue weighted by atomic mass is 32.2. The van der Waals surface area contributed by atoms with Crippen molar-refractivity contribution in [1.82, 2.24) is 25.1 Å². The van der Waals surface area contributed by atoms with Gasteiger partial charge in [-0.1, -0.05) is 42.1 Å². The first-order valence-electron chi connectivity index (χ1n) is 8.04. The number of aromatic nitrogens is 5. The topological polar surface area (TPSA) is 96.5 Å². The first-order chi connectivity index (χ1) is 13.3. The van der Waals surface area contributed by atoms with Crippen molar-refractivity contribution in [2.75, 3.05) is 11.1 Å². The molecule has 0 saturated carbocycles. The second-order valence-corrected chi connectivity index (χ2v) is 7.25. The maximum absolute atomic E-state index is 12.2. The third-order valence-corrected chi connectivity index (χ3v) is 5.16. The van der Waals surface area contributed by atoms with Gasteiger partial charge in [0.05, 0.1) is 11.4 Å². The summed E-state index contributed by atoms with van der Waals surface area (Å²) in [7, 11) is 0. The fourth-order valence-electron chi connectivity index (χ4n) is 2.30. The van der Waals surface area contributed by atoms with E-state index in [4.69, 9.17) is 0 Å². The highest BCUT2D eigenvalue weighted by molar-refractivity contribution is 7.99. The molecular weight excluding hydrogens is 380 g/mol. The number of carbonyl (C=O) groups excluding carboxylic acids is 1. The second-order valence-electron chi connectivity index (χ2n) is 5.45. The van der Waals surface area contributed by atoms with Gasteiger partial charge in [-0.05, 0) is 12.1 Å². The largest absolute Gasteiger partial charge is 0.301 e. The zero-order valence-electron chi connectivity index (χ0n) is 14.0. The molecule has 0 fully saturated rings. The van der Waals surface area contributed by atoms with Crippen LogP contribution in [0.4, 0.5) is 5.13 Å². The van der Waals surface area contributed by atoms with E-state index in [-0.39, 0.29) is 11.7 Å². The van der Waals surface area contributed by atoms with Crippen molar-refractivity contribution in [3.05, 3.63) is 60.2 Å². The zero-order valence-corrected chi connectivity index (χ0v) is 15.6. The van der Waals surface area contributed by atoms with E-state index in [9.17, 15) is 4.79 Å². The number of anilines is 1. The summed E-state index contributed by atoms with van der Waals surface area (Å²) < 4.78 is 0. The molecule has 2 N–H and O–H groups in total. The van der Waals surface area contributed by atoms with Gasteiger partial charge in [-0.3, -0.25) is 14.9 Å². The van der Waals surface area contributed by atoms with Crippen LogP contribution >= 0.6 is 23.1 Å². The maximum Gasteiger partial charge on any atom is 0.236 e. The van der Waals surface area contributed by atoms with Gasteiger partial charge in [-0.25, -0.2) is 9.97 Å². The monoisotopic (exact) mass is 394 g/mol. The van der Waals surface area contributed by atoms with Crippen LogP contribution < -0.4 is 5.32 Å². The number of nitrogens with one attached hydrogen (secondary N) is 2. The number of benzene rings is 1. The lowest BCUT2D eigenvalue weighted by atomic mass is 10.2. The molecule has 0 aliphatic rings. The number of hydrogen-bond donors (Lipinski definition) is 2. The molecule has 0 radical (unpaired) electrons. The van der Waals surface area contributed by atoms with Gasteiger partial charge >= 0.3 is 0 Å². The Kier molecular flexibility index (Phi) is 5.22. The number of thioether (sulfide) groups is 1. The summed E-state index contributed by atoms with van der Waals surface area (Å²) in [5.41, 5.74) is 2.71. The first-order valence-corrected chi connectivity index (χ1v) is 9.91. The van der Waals surface area contributed by atoms with Gasteiger partial charge < -0.3 is 5.32 Å². The summed E-state index contributed by atoms with van der Waals surface area (Å²) in [4.78, 5) is 25.0. The minimum absolute atomic E-state index is 0.151. The summed E-state index contributed by atoms with van der Waals surface area (Å²) in [5, 5.41) is 12.8. The Labute approximate surface area is 163 Å². The molecule has 3 aromatic heterocycles. The molecule has 1 aromatic carbocycles. The molecule has 0 unspecified atom stereocenters. The summed E-state index contributed by atoms with van der Waals surface area (Å²) >= 11 is 2.66. The summed E-state index contributed by atoms with van der Waals surface area (Å²) in [6, 6.07) is 13.6. The van der Waals surface area contributed by atoms with E-state index < -0.39 is 0 Å². The lowest BCUT2D eigenvalue weighted by Crippen LogP contribution is -2.13. The molecule has 134 valence electrons. The molecule has 0 atom stereocenters. The molecule has 0 bridgehead atoms. The van der Waals surface area contributed by atoms with E-state index >= 15 is 0 Å². The van der Waals surface area contributed by atoms with Crippen molar-refractivity contribution in [1.29, 1.82) is 0 Å². The van der Waals surface area contributed by atoms with Crippen LogP contribution in [0.3, 0.4) is 0 Å². The van der Waals surface area contributed by atoms with Gasteiger partial charge in [0.25, 0.3) is 0 Å². The fraction of sp³-hybridized carbons (Fsp3) is 0.0556. The normalized spacial score (nSPS) is 10.7. The average molecular weight is 394 g/mol. The van der Waals surface area contributed by atoms with Gasteiger partial charge in [-0.15, -0.1) is 16.4 Å². The number of thiazole rings is 1. The Morgan fingerprint density at radius 3 is 2.78 bits per heavy atom. The van der Waals surface area contributed by atoms with E-state index in [0.29, 0.717) is 16.1 Å². The fourth-order valence-corrected chi connectivity index (χ4v) is 3.64. The van der Waals surface area contributed by atoms with Crippen LogP contribution in [0, 0.1) is 0 Å². The summed E-state index contributed by atoms with van der Waals surface area (Å²) in [6.07, 6.45) is 3.40. The van der Waals surface area contributed by atoms with Crippen molar-refractivity contribution < 1.29 is 4.79 Å². The van der Waals surface area contributed by atoms with E-state index in [1.165, 1.54) is 23.1 Å². The molecule has 9 heteroatoms. The molecule has 4 aromatic rings. The Hall–Kier alpha value is -3.04. The van der Waals surface area contributed by atoms with Gasteiger partial charge in [0, 0.05) is 28.9 Å². The number of aromatic amines is 1. The predicted octanol–water partition coefficient (Wildman–Crippen LogP) is 3.72. The molecule has 0 aliphatic carbocycles. The second kappa shape index (κ2) is 8.11. The Bertz CT molecular complexity index is 1030. The zero-order chi connectivity index (χ0) is 18.5. The van der Waals surface area contributed by atoms with Gasteiger partial charge in [0.15, 0.2) is 11.0 Å². The molecule has 3 heterocycles. The molecule has 1 amide bonds. The standard InChI is InChI=1S/C18H14N6OS2/c25-15(21-17-20-14(10-26-17)12-5-2-1-3-6-12)11-27-18-22-16(23-24-18)13-7-4-8-19-9-13/h1-10H,11H2,(H,20,21,25)(H,22,23,24). The summed E-state index contributed by atoms with van der Waals surface area (Å²) in [6.45, 7) is 0. The predicted molar refractivity (Wildman–Crippen MR) is 107 cm³/mol. The van der Waals surface area contributed by atoms with Crippen LogP contribution in [0.25, 0.3) is 22.6 Å². The minimum atomic E-state index is -0.151. The van der Waals surface area contributed by atoms with Crippen molar-refractivity contribution >= 4 is 34.1 Å². The lowest BCUT2D eigenvalue weighted by Gasteiger charge is -1.99. The van der Waals surface area contributed by atoms with Gasteiger partial charge in [0.2, 0.25) is 11.1 Å². The highest BCUT2D eigenvalue weighted by Crippen LogP contribution is 2.25. The average Bonchev–Trinajstić information content (AvgIpc) is 3.37. The van der Waals surface area contributed by atoms with E-state index in [0.717, 1.165) is 16.8 Å². The quantitative estimate of drug-likeness (QED) is 0.484. The smallest absolute Gasteiger partial charge is 0.236 e. The number of H-pyrrole nitrogens is 1. The van der Waals surface area contributed by atoms with E-state index in [1.54, 1.807) is 12.4 Å². The van der Waals surface area contributed by atoms with E-state index in [2.05, 4.69) is 30.5 Å². The minimum Gasteiger partial charge on any atom is -0.301 e. The van der Waals surface area contributed by atoms with E-state index in [1.807, 2.05) is 47.8 Å². The molecule has 27 heavy (non-hydrogen) atoms. The number of rotatable bonds is 6. The molecule has 0 aliphatic heterocycles. The third-order valence-electron chi connectivity index (χ3n) is 3.55.